The number of carbonyl (C=O) groups is 1. The molecule has 216 valence electrons. The van der Waals surface area contributed by atoms with E-state index in [4.69, 9.17) is 0 Å². The molecule has 3 aromatic carbocycles. The number of carbonyl (C=O) groups excluding carboxylic acids is 1. The highest BCUT2D eigenvalue weighted by molar-refractivity contribution is 6.03. The maximum absolute atomic E-state index is 14.2. The van der Waals surface area contributed by atoms with Gasteiger partial charge in [0.05, 0.1) is 28.5 Å². The zero-order valence-corrected chi connectivity index (χ0v) is 22.1. The summed E-state index contributed by atoms with van der Waals surface area (Å²) >= 11 is 0. The quantitative estimate of drug-likeness (QED) is 0.184. The maximum atomic E-state index is 14.2. The molecule has 0 aliphatic carbocycles. The lowest BCUT2D eigenvalue weighted by atomic mass is 9.95. The van der Waals surface area contributed by atoms with Gasteiger partial charge >= 0.3 is 12.2 Å². The molecule has 4 aromatic rings. The lowest BCUT2D eigenvalue weighted by Crippen LogP contribution is -2.32. The van der Waals surface area contributed by atoms with Gasteiger partial charge in [-0.2, -0.15) is 18.4 Å². The van der Waals surface area contributed by atoms with Crippen molar-refractivity contribution >= 4 is 28.3 Å². The molecule has 0 bridgehead atoms. The normalized spacial score (nSPS) is 13.6. The summed E-state index contributed by atoms with van der Waals surface area (Å²) in [6, 6.07) is 14.0. The van der Waals surface area contributed by atoms with Gasteiger partial charge in [0, 0.05) is 41.9 Å². The molecule has 2 amide bonds. The number of benzene rings is 3. The second-order valence-electron chi connectivity index (χ2n) is 9.79. The van der Waals surface area contributed by atoms with Gasteiger partial charge in [-0.25, -0.2) is 19.1 Å². The number of hydrogen-bond donors (Lipinski definition) is 2. The molecule has 1 fully saturated rings. The molecule has 1 aliphatic heterocycles. The van der Waals surface area contributed by atoms with Gasteiger partial charge in [-0.3, -0.25) is 9.82 Å². The SMILES string of the molecule is N#Cc1ccc(NC(=O)NOCC(F)(F)F)c(-c2ccc3ncc(-c4cc(F)cc(F)c4)c(N4CCCCC4)c3c2)c1. The van der Waals surface area contributed by atoms with Crippen LogP contribution in [0.2, 0.25) is 0 Å². The van der Waals surface area contributed by atoms with E-state index in [0.717, 1.165) is 44.1 Å². The first-order valence-electron chi connectivity index (χ1n) is 13.1. The summed E-state index contributed by atoms with van der Waals surface area (Å²) in [5.74, 6) is -1.44. The summed E-state index contributed by atoms with van der Waals surface area (Å²) in [4.78, 5) is 23.2. The summed E-state index contributed by atoms with van der Waals surface area (Å²) < 4.78 is 65.7. The average Bonchev–Trinajstić information content (AvgIpc) is 2.95. The van der Waals surface area contributed by atoms with E-state index >= 15 is 0 Å². The predicted molar refractivity (Wildman–Crippen MR) is 147 cm³/mol. The molecule has 1 aromatic heterocycles. The molecule has 2 N–H and O–H groups in total. The van der Waals surface area contributed by atoms with E-state index in [1.54, 1.807) is 23.8 Å². The van der Waals surface area contributed by atoms with E-state index < -0.39 is 30.4 Å². The number of aromatic nitrogens is 1. The Balaban J connectivity index is 1.61. The number of pyridine rings is 1. The molecule has 7 nitrogen and oxygen atoms in total. The fraction of sp³-hybridized carbons (Fsp3) is 0.233. The van der Waals surface area contributed by atoms with E-state index in [2.05, 4.69) is 20.0 Å². The van der Waals surface area contributed by atoms with Gasteiger partial charge < -0.3 is 10.2 Å². The largest absolute Gasteiger partial charge is 0.414 e. The summed E-state index contributed by atoms with van der Waals surface area (Å²) in [6.07, 6.45) is -0.114. The van der Waals surface area contributed by atoms with Crippen LogP contribution >= 0.6 is 0 Å². The molecule has 0 radical (unpaired) electrons. The first-order valence-corrected chi connectivity index (χ1v) is 13.1. The Labute approximate surface area is 237 Å². The highest BCUT2D eigenvalue weighted by Gasteiger charge is 2.28. The lowest BCUT2D eigenvalue weighted by molar-refractivity contribution is -0.183. The van der Waals surface area contributed by atoms with Crippen LogP contribution in [0.5, 0.6) is 0 Å². The van der Waals surface area contributed by atoms with Crippen LogP contribution in [-0.4, -0.2) is 36.9 Å². The Bertz CT molecular complexity index is 1660. The Kier molecular flexibility index (Phi) is 8.22. The van der Waals surface area contributed by atoms with Gasteiger partial charge in [0.15, 0.2) is 6.61 Å². The molecular formula is C30H24F5N5O2. The van der Waals surface area contributed by atoms with E-state index in [-0.39, 0.29) is 11.3 Å². The van der Waals surface area contributed by atoms with Gasteiger partial charge in [0.2, 0.25) is 0 Å². The fourth-order valence-electron chi connectivity index (χ4n) is 5.02. The van der Waals surface area contributed by atoms with Crippen molar-refractivity contribution in [3.05, 3.63) is 78.0 Å². The third-order valence-electron chi connectivity index (χ3n) is 6.79. The average molecular weight is 582 g/mol. The van der Waals surface area contributed by atoms with E-state index in [9.17, 15) is 32.0 Å². The number of anilines is 2. The van der Waals surface area contributed by atoms with Crippen molar-refractivity contribution in [2.24, 2.45) is 0 Å². The number of rotatable bonds is 6. The van der Waals surface area contributed by atoms with Crippen LogP contribution in [-0.2, 0) is 4.84 Å². The van der Waals surface area contributed by atoms with Crippen LogP contribution in [0, 0.1) is 23.0 Å². The second-order valence-corrected chi connectivity index (χ2v) is 9.79. The summed E-state index contributed by atoms with van der Waals surface area (Å²) in [7, 11) is 0. The van der Waals surface area contributed by atoms with Crippen LogP contribution in [0.3, 0.4) is 0 Å². The number of nitrogens with one attached hydrogen (secondary N) is 2. The van der Waals surface area contributed by atoms with E-state index in [1.165, 1.54) is 30.3 Å². The van der Waals surface area contributed by atoms with E-state index in [1.807, 2.05) is 12.1 Å². The molecule has 1 aliphatic rings. The van der Waals surface area contributed by atoms with Crippen molar-refractivity contribution in [3.63, 3.8) is 0 Å². The molecule has 1 saturated heterocycles. The summed E-state index contributed by atoms with van der Waals surface area (Å²) in [5.41, 5.74) is 5.40. The van der Waals surface area contributed by atoms with Crippen molar-refractivity contribution in [1.29, 1.82) is 5.26 Å². The lowest BCUT2D eigenvalue weighted by Gasteiger charge is -2.32. The highest BCUT2D eigenvalue weighted by Crippen LogP contribution is 2.41. The number of hydroxylamine groups is 1. The summed E-state index contributed by atoms with van der Waals surface area (Å²) in [5, 5.41) is 12.7. The van der Waals surface area contributed by atoms with Crippen molar-refractivity contribution in [3.8, 4) is 28.3 Å². The van der Waals surface area contributed by atoms with Gasteiger partial charge in [0.1, 0.15) is 11.6 Å². The zero-order valence-electron chi connectivity index (χ0n) is 22.1. The molecule has 2 heterocycles. The zero-order chi connectivity index (χ0) is 29.9. The minimum absolute atomic E-state index is 0.206. The molecule has 0 saturated carbocycles. The Morgan fingerprint density at radius 3 is 2.38 bits per heavy atom. The monoisotopic (exact) mass is 581 g/mol. The second kappa shape index (κ2) is 12.0. The Morgan fingerprint density at radius 1 is 0.952 bits per heavy atom. The minimum atomic E-state index is -4.63. The number of amides is 2. The molecule has 0 unspecified atom stereocenters. The van der Waals surface area contributed by atoms with Crippen LogP contribution in [0.1, 0.15) is 24.8 Å². The van der Waals surface area contributed by atoms with Gasteiger partial charge in [-0.1, -0.05) is 6.07 Å². The first kappa shape index (κ1) is 28.8. The standard InChI is InChI=1S/C30H24F5N5O2/c31-21-11-20(12-22(32)14-21)25-16-37-26-7-5-19(13-24(26)28(25)40-8-2-1-3-9-40)23-10-18(15-36)4-6-27(23)38-29(41)39-42-17-30(33,34)35/h4-7,10-14,16H,1-3,8-9,17H2,(H2,38,39,41). The molecular weight excluding hydrogens is 557 g/mol. The van der Waals surface area contributed by atoms with Gasteiger partial charge in [0.25, 0.3) is 0 Å². The number of nitriles is 1. The molecule has 42 heavy (non-hydrogen) atoms. The molecule has 0 spiro atoms. The highest BCUT2D eigenvalue weighted by atomic mass is 19.4. The number of alkyl halides is 3. The van der Waals surface area contributed by atoms with Gasteiger partial charge in [-0.15, -0.1) is 0 Å². The number of urea groups is 1. The number of piperidine rings is 1. The van der Waals surface area contributed by atoms with Crippen molar-refractivity contribution < 1.29 is 31.6 Å². The topological polar surface area (TPSA) is 90.3 Å². The van der Waals surface area contributed by atoms with Crippen molar-refractivity contribution in [2.45, 2.75) is 25.4 Å². The molecule has 12 heteroatoms. The molecule has 5 rings (SSSR count). The third-order valence-corrected chi connectivity index (χ3v) is 6.79. The predicted octanol–water partition coefficient (Wildman–Crippen LogP) is 7.32. The number of hydrogen-bond acceptors (Lipinski definition) is 5. The van der Waals surface area contributed by atoms with Crippen molar-refractivity contribution in [1.82, 2.24) is 10.5 Å². The molecule has 0 atom stereocenters. The van der Waals surface area contributed by atoms with Crippen molar-refractivity contribution in [2.75, 3.05) is 29.9 Å². The Hall–Kier alpha value is -4.76. The fourth-order valence-corrected chi connectivity index (χ4v) is 5.02. The number of fused-ring (bicyclic) bond motifs is 1. The smallest absolute Gasteiger partial charge is 0.370 e. The van der Waals surface area contributed by atoms with E-state index in [0.29, 0.717) is 33.2 Å². The van der Waals surface area contributed by atoms with Crippen LogP contribution < -0.4 is 15.7 Å². The first-order chi connectivity index (χ1) is 20.1. The number of halogens is 5. The van der Waals surface area contributed by atoms with Crippen LogP contribution in [0.4, 0.5) is 38.1 Å². The summed E-state index contributed by atoms with van der Waals surface area (Å²) in [6.45, 7) is -0.221. The van der Waals surface area contributed by atoms with Crippen LogP contribution in [0.25, 0.3) is 33.2 Å². The van der Waals surface area contributed by atoms with Gasteiger partial charge in [-0.05, 0) is 72.9 Å². The third kappa shape index (κ3) is 6.58. The van der Waals surface area contributed by atoms with Crippen LogP contribution in [0.15, 0.2) is 60.8 Å². The minimum Gasteiger partial charge on any atom is -0.370 e. The maximum Gasteiger partial charge on any atom is 0.414 e. The number of nitrogens with zero attached hydrogens (tertiary/aromatic N) is 3. The Morgan fingerprint density at radius 2 is 1.69 bits per heavy atom.